The lowest BCUT2D eigenvalue weighted by Crippen LogP contribution is -2.39. The van der Waals surface area contributed by atoms with Crippen LogP contribution in [-0.2, 0) is 9.47 Å². The van der Waals surface area contributed by atoms with Crippen LogP contribution in [0.4, 0.5) is 11.8 Å². The topological polar surface area (TPSA) is 59.5 Å². The predicted molar refractivity (Wildman–Crippen MR) is 94.7 cm³/mol. The predicted octanol–water partition coefficient (Wildman–Crippen LogP) is 2.71. The largest absolute Gasteiger partial charge is 0.379 e. The van der Waals surface area contributed by atoms with E-state index in [1.165, 1.54) is 4.88 Å². The highest BCUT2D eigenvalue weighted by Gasteiger charge is 2.24. The minimum Gasteiger partial charge on any atom is -0.379 e. The molecule has 0 aromatic carbocycles. The average molecular weight is 346 g/mol. The Balaban J connectivity index is 1.44. The van der Waals surface area contributed by atoms with E-state index in [4.69, 9.17) is 14.5 Å². The molecule has 6 nitrogen and oxygen atoms in total. The van der Waals surface area contributed by atoms with Crippen molar-refractivity contribution < 1.29 is 9.47 Å². The molecule has 2 aromatic rings. The molecular formula is C17H22N4O2S. The Kier molecular flexibility index (Phi) is 4.91. The van der Waals surface area contributed by atoms with E-state index in [2.05, 4.69) is 32.7 Å². The van der Waals surface area contributed by atoms with Gasteiger partial charge in [0.25, 0.3) is 0 Å². The van der Waals surface area contributed by atoms with E-state index in [9.17, 15) is 0 Å². The van der Waals surface area contributed by atoms with E-state index >= 15 is 0 Å². The molecule has 2 saturated heterocycles. The van der Waals surface area contributed by atoms with Crippen LogP contribution < -0.4 is 10.2 Å². The normalized spacial score (nSPS) is 24.8. The van der Waals surface area contributed by atoms with Gasteiger partial charge in [0.05, 0.1) is 25.8 Å². The molecule has 2 atom stereocenters. The van der Waals surface area contributed by atoms with E-state index in [-0.39, 0.29) is 6.10 Å². The number of thiophene rings is 1. The van der Waals surface area contributed by atoms with Crippen molar-refractivity contribution in [3.63, 3.8) is 0 Å². The molecule has 2 aromatic heterocycles. The molecule has 0 radical (unpaired) electrons. The number of morpholine rings is 1. The Bertz CT molecular complexity index is 646. The van der Waals surface area contributed by atoms with Crippen molar-refractivity contribution in [1.29, 1.82) is 0 Å². The summed E-state index contributed by atoms with van der Waals surface area (Å²) in [5.74, 6) is 1.64. The summed E-state index contributed by atoms with van der Waals surface area (Å²) >= 11 is 1.73. The minimum absolute atomic E-state index is 0.103. The monoisotopic (exact) mass is 346 g/mol. The van der Waals surface area contributed by atoms with Gasteiger partial charge in [-0.3, -0.25) is 0 Å². The maximum absolute atomic E-state index is 5.91. The summed E-state index contributed by atoms with van der Waals surface area (Å²) in [5, 5.41) is 5.56. The summed E-state index contributed by atoms with van der Waals surface area (Å²) in [6.07, 6.45) is 4.15. The first-order valence-electron chi connectivity index (χ1n) is 8.46. The summed E-state index contributed by atoms with van der Waals surface area (Å²) < 4.78 is 11.4. The third kappa shape index (κ3) is 3.68. The fourth-order valence-electron chi connectivity index (χ4n) is 3.12. The van der Waals surface area contributed by atoms with Gasteiger partial charge in [0, 0.05) is 24.2 Å². The summed E-state index contributed by atoms with van der Waals surface area (Å²) in [7, 11) is 0. The van der Waals surface area contributed by atoms with Crippen molar-refractivity contribution in [2.75, 3.05) is 43.1 Å². The second kappa shape index (κ2) is 7.46. The zero-order valence-corrected chi connectivity index (χ0v) is 14.4. The standard InChI is InChI=1S/C17H22N4O2S/c1-3-13(12-22-8-1)19-16-5-6-18-17(20-16)21-7-9-23-14(11-21)15-4-2-10-24-15/h2,4-6,10,13-14H,1,3,7-9,11-12H2,(H,18,19,20). The first-order chi connectivity index (χ1) is 11.9. The number of ether oxygens (including phenoxy) is 2. The summed E-state index contributed by atoms with van der Waals surface area (Å²) in [4.78, 5) is 12.6. The Morgan fingerprint density at radius 3 is 3.12 bits per heavy atom. The molecule has 24 heavy (non-hydrogen) atoms. The lowest BCUT2D eigenvalue weighted by atomic mass is 10.1. The van der Waals surface area contributed by atoms with Crippen LogP contribution in [0.25, 0.3) is 0 Å². The van der Waals surface area contributed by atoms with Crippen LogP contribution in [0.3, 0.4) is 0 Å². The SMILES string of the molecule is c1csc(C2CN(c3nccc(NC4CCCOC4)n3)CCO2)c1. The van der Waals surface area contributed by atoms with Gasteiger partial charge in [-0.2, -0.15) is 4.98 Å². The summed E-state index contributed by atoms with van der Waals surface area (Å²) in [6, 6.07) is 6.45. The molecule has 7 heteroatoms. The Morgan fingerprint density at radius 2 is 2.29 bits per heavy atom. The molecule has 0 spiro atoms. The number of hydrogen-bond acceptors (Lipinski definition) is 7. The summed E-state index contributed by atoms with van der Waals surface area (Å²) in [6.45, 7) is 3.91. The maximum Gasteiger partial charge on any atom is 0.227 e. The van der Waals surface area contributed by atoms with Gasteiger partial charge in [-0.15, -0.1) is 11.3 Å². The fourth-order valence-corrected chi connectivity index (χ4v) is 3.89. The molecule has 0 amide bonds. The van der Waals surface area contributed by atoms with Crippen molar-refractivity contribution >= 4 is 23.1 Å². The molecule has 0 aliphatic carbocycles. The van der Waals surface area contributed by atoms with Crippen LogP contribution in [0, 0.1) is 0 Å². The lowest BCUT2D eigenvalue weighted by molar-refractivity contribution is 0.0415. The molecule has 2 fully saturated rings. The number of nitrogens with one attached hydrogen (secondary N) is 1. The third-order valence-corrected chi connectivity index (χ3v) is 5.33. The van der Waals surface area contributed by atoms with Crippen LogP contribution in [0.15, 0.2) is 29.8 Å². The van der Waals surface area contributed by atoms with Gasteiger partial charge in [0.15, 0.2) is 0 Å². The first kappa shape index (κ1) is 15.8. The van der Waals surface area contributed by atoms with Crippen LogP contribution in [0.5, 0.6) is 0 Å². The number of rotatable bonds is 4. The maximum atomic E-state index is 5.91. The minimum atomic E-state index is 0.103. The van der Waals surface area contributed by atoms with Gasteiger partial charge < -0.3 is 19.7 Å². The molecule has 2 aliphatic heterocycles. The zero-order chi connectivity index (χ0) is 16.2. The van der Waals surface area contributed by atoms with Crippen molar-refractivity contribution in [3.05, 3.63) is 34.7 Å². The Labute approximate surface area is 145 Å². The van der Waals surface area contributed by atoms with Gasteiger partial charge in [-0.1, -0.05) is 6.07 Å². The van der Waals surface area contributed by atoms with E-state index in [1.54, 1.807) is 11.3 Å². The smallest absolute Gasteiger partial charge is 0.227 e. The zero-order valence-electron chi connectivity index (χ0n) is 13.6. The molecule has 4 rings (SSSR count). The quantitative estimate of drug-likeness (QED) is 0.918. The van der Waals surface area contributed by atoms with E-state index in [0.29, 0.717) is 12.6 Å². The molecule has 128 valence electrons. The first-order valence-corrected chi connectivity index (χ1v) is 9.34. The van der Waals surface area contributed by atoms with Crippen molar-refractivity contribution in [2.24, 2.45) is 0 Å². The molecule has 0 bridgehead atoms. The number of nitrogens with zero attached hydrogens (tertiary/aromatic N) is 3. The lowest BCUT2D eigenvalue weighted by Gasteiger charge is -2.32. The number of aromatic nitrogens is 2. The van der Waals surface area contributed by atoms with Crippen LogP contribution in [0.1, 0.15) is 23.8 Å². The van der Waals surface area contributed by atoms with Gasteiger partial charge >= 0.3 is 0 Å². The highest BCUT2D eigenvalue weighted by molar-refractivity contribution is 7.10. The van der Waals surface area contributed by atoms with Crippen molar-refractivity contribution in [1.82, 2.24) is 9.97 Å². The Morgan fingerprint density at radius 1 is 1.29 bits per heavy atom. The second-order valence-corrected chi connectivity index (χ2v) is 7.10. The molecule has 2 unspecified atom stereocenters. The third-order valence-electron chi connectivity index (χ3n) is 4.36. The Hall–Kier alpha value is -1.70. The van der Waals surface area contributed by atoms with Crippen molar-refractivity contribution in [2.45, 2.75) is 25.0 Å². The molecule has 2 aliphatic rings. The van der Waals surface area contributed by atoms with Crippen LogP contribution >= 0.6 is 11.3 Å². The summed E-state index contributed by atoms with van der Waals surface area (Å²) in [5.41, 5.74) is 0. The van der Waals surface area contributed by atoms with Gasteiger partial charge in [0.1, 0.15) is 11.9 Å². The molecule has 1 N–H and O–H groups in total. The number of anilines is 2. The van der Waals surface area contributed by atoms with Gasteiger partial charge in [-0.25, -0.2) is 4.98 Å². The molecule has 4 heterocycles. The molecular weight excluding hydrogens is 324 g/mol. The second-order valence-electron chi connectivity index (χ2n) is 6.12. The van der Waals surface area contributed by atoms with Crippen molar-refractivity contribution in [3.8, 4) is 0 Å². The van der Waals surface area contributed by atoms with E-state index < -0.39 is 0 Å². The highest BCUT2D eigenvalue weighted by Crippen LogP contribution is 2.27. The fraction of sp³-hybridized carbons (Fsp3) is 0.529. The number of hydrogen-bond donors (Lipinski definition) is 1. The van der Waals surface area contributed by atoms with Gasteiger partial charge in [0.2, 0.25) is 5.95 Å². The van der Waals surface area contributed by atoms with Gasteiger partial charge in [-0.05, 0) is 30.4 Å². The average Bonchev–Trinajstić information content (AvgIpc) is 3.18. The van der Waals surface area contributed by atoms with E-state index in [0.717, 1.165) is 50.9 Å². The molecule has 0 saturated carbocycles. The van der Waals surface area contributed by atoms with E-state index in [1.807, 2.05) is 12.3 Å². The van der Waals surface area contributed by atoms with Crippen LogP contribution in [-0.4, -0.2) is 48.9 Å². The van der Waals surface area contributed by atoms with Crippen LogP contribution in [0.2, 0.25) is 0 Å². The highest BCUT2D eigenvalue weighted by atomic mass is 32.1.